The largest absolute Gasteiger partial charge is 0.496 e. The summed E-state index contributed by atoms with van der Waals surface area (Å²) in [6.07, 6.45) is 0.917. The number of carbonyl (C=O) groups excluding carboxylic acids is 1. The van der Waals surface area contributed by atoms with E-state index in [1.807, 2.05) is 30.0 Å². The van der Waals surface area contributed by atoms with Crippen LogP contribution in [0.3, 0.4) is 0 Å². The Morgan fingerprint density at radius 3 is 3.00 bits per heavy atom. The molecule has 1 aromatic carbocycles. The maximum Gasteiger partial charge on any atom is 0.242 e. The van der Waals surface area contributed by atoms with Gasteiger partial charge in [0, 0.05) is 25.6 Å². The van der Waals surface area contributed by atoms with Crippen LogP contribution >= 0.6 is 0 Å². The molecule has 2 saturated heterocycles. The third-order valence-corrected chi connectivity index (χ3v) is 4.66. The fraction of sp³-hybridized carbons (Fsp3) is 0.588. The van der Waals surface area contributed by atoms with Crippen molar-refractivity contribution in [1.82, 2.24) is 10.2 Å². The van der Waals surface area contributed by atoms with Crippen molar-refractivity contribution in [2.24, 2.45) is 0 Å². The Labute approximate surface area is 131 Å². The summed E-state index contributed by atoms with van der Waals surface area (Å²) in [5.74, 6) is 1.42. The number of carbonyl (C=O) groups is 1. The molecule has 1 amide bonds. The summed E-state index contributed by atoms with van der Waals surface area (Å²) in [6, 6.07) is 7.87. The van der Waals surface area contributed by atoms with E-state index in [1.165, 1.54) is 5.56 Å². The summed E-state index contributed by atoms with van der Waals surface area (Å²) in [4.78, 5) is 14.7. The van der Waals surface area contributed by atoms with E-state index >= 15 is 0 Å². The molecule has 2 aliphatic rings. The molecular formula is C17H24N2O3. The van der Waals surface area contributed by atoms with Gasteiger partial charge < -0.3 is 19.7 Å². The van der Waals surface area contributed by atoms with Crippen LogP contribution in [0.5, 0.6) is 5.75 Å². The Balaban J connectivity index is 1.68. The summed E-state index contributed by atoms with van der Waals surface area (Å²) in [7, 11) is 1.70. The first-order chi connectivity index (χ1) is 10.7. The zero-order valence-corrected chi connectivity index (χ0v) is 13.2. The Bertz CT molecular complexity index is 534. The van der Waals surface area contributed by atoms with Gasteiger partial charge in [0.1, 0.15) is 11.8 Å². The number of morpholine rings is 1. The highest BCUT2D eigenvalue weighted by Gasteiger charge is 2.36. The molecule has 1 unspecified atom stereocenters. The molecule has 5 nitrogen and oxygen atoms in total. The summed E-state index contributed by atoms with van der Waals surface area (Å²) >= 11 is 0. The van der Waals surface area contributed by atoms with Crippen LogP contribution in [0.1, 0.15) is 24.8 Å². The number of para-hydroxylation sites is 1. The SMILES string of the molecule is COc1ccccc1C1CCN(C(=O)[C@H]2NCCO[C@@H]2C)C1. The second kappa shape index (κ2) is 6.67. The number of amides is 1. The van der Waals surface area contributed by atoms with Gasteiger partial charge in [0.05, 0.1) is 19.8 Å². The van der Waals surface area contributed by atoms with Crippen LogP contribution in [-0.4, -0.2) is 56.3 Å². The average Bonchev–Trinajstić information content (AvgIpc) is 3.04. The molecule has 0 aromatic heterocycles. The zero-order valence-electron chi connectivity index (χ0n) is 13.2. The number of rotatable bonds is 3. The van der Waals surface area contributed by atoms with Gasteiger partial charge >= 0.3 is 0 Å². The summed E-state index contributed by atoms with van der Waals surface area (Å²) in [5.41, 5.74) is 1.20. The molecule has 0 spiro atoms. The van der Waals surface area contributed by atoms with Gasteiger partial charge in [0.15, 0.2) is 0 Å². The van der Waals surface area contributed by atoms with Gasteiger partial charge in [-0.05, 0) is 25.0 Å². The quantitative estimate of drug-likeness (QED) is 0.917. The maximum absolute atomic E-state index is 12.7. The molecule has 2 aliphatic heterocycles. The summed E-state index contributed by atoms with van der Waals surface area (Å²) in [5, 5.41) is 3.28. The van der Waals surface area contributed by atoms with Crippen LogP contribution < -0.4 is 10.1 Å². The van der Waals surface area contributed by atoms with Crippen molar-refractivity contribution in [2.45, 2.75) is 31.4 Å². The minimum Gasteiger partial charge on any atom is -0.496 e. The molecule has 1 aromatic rings. The highest BCUT2D eigenvalue weighted by molar-refractivity contribution is 5.83. The number of nitrogens with one attached hydrogen (secondary N) is 1. The second-order valence-electron chi connectivity index (χ2n) is 6.02. The highest BCUT2D eigenvalue weighted by atomic mass is 16.5. The molecule has 1 N–H and O–H groups in total. The Kier molecular flexibility index (Phi) is 4.64. The molecule has 120 valence electrons. The van der Waals surface area contributed by atoms with E-state index in [4.69, 9.17) is 9.47 Å². The lowest BCUT2D eigenvalue weighted by molar-refractivity contribution is -0.138. The van der Waals surface area contributed by atoms with Crippen LogP contribution in [0.2, 0.25) is 0 Å². The number of ether oxygens (including phenoxy) is 2. The van der Waals surface area contributed by atoms with Crippen molar-refractivity contribution in [3.63, 3.8) is 0 Å². The Hall–Kier alpha value is -1.59. The predicted molar refractivity (Wildman–Crippen MR) is 84.1 cm³/mol. The molecule has 0 saturated carbocycles. The smallest absolute Gasteiger partial charge is 0.242 e. The third-order valence-electron chi connectivity index (χ3n) is 4.66. The van der Waals surface area contributed by atoms with Gasteiger partial charge in [-0.3, -0.25) is 4.79 Å². The van der Waals surface area contributed by atoms with Crippen LogP contribution in [0, 0.1) is 0 Å². The van der Waals surface area contributed by atoms with Gasteiger partial charge in [0.2, 0.25) is 5.91 Å². The number of methoxy groups -OCH3 is 1. The first-order valence-electron chi connectivity index (χ1n) is 7.97. The normalized spacial score (nSPS) is 28.6. The molecule has 0 aliphatic carbocycles. The van der Waals surface area contributed by atoms with E-state index in [2.05, 4.69) is 11.4 Å². The second-order valence-corrected chi connectivity index (χ2v) is 6.02. The number of benzene rings is 1. The molecule has 0 radical (unpaired) electrons. The molecule has 3 rings (SSSR count). The van der Waals surface area contributed by atoms with Crippen molar-refractivity contribution in [3.05, 3.63) is 29.8 Å². The predicted octanol–water partition coefficient (Wildman–Crippen LogP) is 1.39. The Morgan fingerprint density at radius 1 is 1.41 bits per heavy atom. The molecule has 22 heavy (non-hydrogen) atoms. The fourth-order valence-electron chi connectivity index (χ4n) is 3.42. The number of likely N-dealkylation sites (tertiary alicyclic amines) is 1. The van der Waals surface area contributed by atoms with Gasteiger partial charge in [-0.15, -0.1) is 0 Å². The molecule has 0 bridgehead atoms. The molecule has 5 heteroatoms. The summed E-state index contributed by atoms with van der Waals surface area (Å²) in [6.45, 7) is 4.93. The maximum atomic E-state index is 12.7. The minimum absolute atomic E-state index is 0.0634. The third kappa shape index (κ3) is 2.96. The van der Waals surface area contributed by atoms with Crippen LogP contribution in [0.15, 0.2) is 24.3 Å². The topological polar surface area (TPSA) is 50.8 Å². The molecule has 2 fully saturated rings. The number of hydrogen-bond acceptors (Lipinski definition) is 4. The minimum atomic E-state index is -0.217. The first kappa shape index (κ1) is 15.3. The number of hydrogen-bond donors (Lipinski definition) is 1. The molecule has 3 atom stereocenters. The van der Waals surface area contributed by atoms with E-state index in [0.717, 1.165) is 31.8 Å². The van der Waals surface area contributed by atoms with E-state index in [0.29, 0.717) is 12.5 Å². The van der Waals surface area contributed by atoms with Crippen molar-refractivity contribution >= 4 is 5.91 Å². The monoisotopic (exact) mass is 304 g/mol. The Morgan fingerprint density at radius 2 is 2.23 bits per heavy atom. The molecular weight excluding hydrogens is 280 g/mol. The van der Waals surface area contributed by atoms with E-state index in [9.17, 15) is 4.79 Å². The lowest BCUT2D eigenvalue weighted by Gasteiger charge is -2.32. The van der Waals surface area contributed by atoms with Crippen molar-refractivity contribution < 1.29 is 14.3 Å². The zero-order chi connectivity index (χ0) is 15.5. The first-order valence-corrected chi connectivity index (χ1v) is 7.97. The van der Waals surface area contributed by atoms with Crippen molar-refractivity contribution in [2.75, 3.05) is 33.4 Å². The lowest BCUT2D eigenvalue weighted by Crippen LogP contribution is -2.56. The van der Waals surface area contributed by atoms with Crippen molar-refractivity contribution in [3.8, 4) is 5.75 Å². The summed E-state index contributed by atoms with van der Waals surface area (Å²) < 4.78 is 11.0. The lowest BCUT2D eigenvalue weighted by atomic mass is 9.97. The van der Waals surface area contributed by atoms with Gasteiger partial charge in [0.25, 0.3) is 0 Å². The van der Waals surface area contributed by atoms with E-state index in [-0.39, 0.29) is 18.1 Å². The molecule has 2 heterocycles. The van der Waals surface area contributed by atoms with Crippen molar-refractivity contribution in [1.29, 1.82) is 0 Å². The van der Waals surface area contributed by atoms with E-state index < -0.39 is 0 Å². The van der Waals surface area contributed by atoms with Crippen LogP contribution in [-0.2, 0) is 9.53 Å². The van der Waals surface area contributed by atoms with Gasteiger partial charge in [-0.1, -0.05) is 18.2 Å². The van der Waals surface area contributed by atoms with Crippen LogP contribution in [0.4, 0.5) is 0 Å². The van der Waals surface area contributed by atoms with Crippen LogP contribution in [0.25, 0.3) is 0 Å². The average molecular weight is 304 g/mol. The van der Waals surface area contributed by atoms with E-state index in [1.54, 1.807) is 7.11 Å². The number of nitrogens with zero attached hydrogens (tertiary/aromatic N) is 1. The van der Waals surface area contributed by atoms with Gasteiger partial charge in [-0.25, -0.2) is 0 Å². The fourth-order valence-corrected chi connectivity index (χ4v) is 3.42. The van der Waals surface area contributed by atoms with Gasteiger partial charge in [-0.2, -0.15) is 0 Å². The highest BCUT2D eigenvalue weighted by Crippen LogP contribution is 2.33. The standard InChI is InChI=1S/C17H24N2O3/c1-12-16(18-8-10-22-12)17(20)19-9-7-13(11-19)14-5-3-4-6-15(14)21-2/h3-6,12-13,16,18H,7-11H2,1-2H3/t12-,13?,16+/m1/s1.